The van der Waals surface area contributed by atoms with Crippen LogP contribution in [0.1, 0.15) is 54.6 Å². The minimum Gasteiger partial charge on any atom is -0.383 e. The zero-order valence-electron chi connectivity index (χ0n) is 24.6. The number of aromatic nitrogens is 5. The fourth-order valence-corrected chi connectivity index (χ4v) is 5.64. The predicted octanol–water partition coefficient (Wildman–Crippen LogP) is 4.10. The average molecular weight is 580 g/mol. The van der Waals surface area contributed by atoms with Crippen molar-refractivity contribution in [1.29, 1.82) is 0 Å². The Kier molecular flexibility index (Phi) is 8.15. The highest BCUT2D eigenvalue weighted by molar-refractivity contribution is 6.04. The van der Waals surface area contributed by atoms with E-state index in [1.54, 1.807) is 24.4 Å². The van der Waals surface area contributed by atoms with E-state index >= 15 is 0 Å². The molecule has 3 aromatic heterocycles. The van der Waals surface area contributed by atoms with Gasteiger partial charge >= 0.3 is 0 Å². The summed E-state index contributed by atoms with van der Waals surface area (Å²) in [4.78, 5) is 43.0. The largest absolute Gasteiger partial charge is 0.383 e. The third-order valence-electron chi connectivity index (χ3n) is 8.19. The molecule has 1 aliphatic heterocycles. The number of pyridine rings is 1. The molecule has 0 bridgehead atoms. The van der Waals surface area contributed by atoms with Gasteiger partial charge in [-0.3, -0.25) is 14.5 Å². The summed E-state index contributed by atoms with van der Waals surface area (Å²) in [6.07, 6.45) is 12.0. The highest BCUT2D eigenvalue weighted by Gasteiger charge is 2.30. The summed E-state index contributed by atoms with van der Waals surface area (Å²) in [7, 11) is 2.10. The van der Waals surface area contributed by atoms with E-state index in [9.17, 15) is 9.59 Å². The topological polar surface area (TPSA) is 135 Å². The van der Waals surface area contributed by atoms with E-state index in [0.29, 0.717) is 53.1 Å². The monoisotopic (exact) mass is 579 g/mol. The number of rotatable bonds is 10. The number of benzene rings is 1. The van der Waals surface area contributed by atoms with Crippen LogP contribution in [0.15, 0.2) is 61.1 Å². The van der Waals surface area contributed by atoms with Crippen molar-refractivity contribution in [3.63, 3.8) is 0 Å². The first-order valence-electron chi connectivity index (χ1n) is 14.9. The van der Waals surface area contributed by atoms with Crippen LogP contribution in [0.5, 0.6) is 0 Å². The molecule has 4 aromatic rings. The van der Waals surface area contributed by atoms with Crippen LogP contribution in [0.2, 0.25) is 0 Å². The summed E-state index contributed by atoms with van der Waals surface area (Å²) < 4.78 is 1.87. The van der Waals surface area contributed by atoms with Gasteiger partial charge in [-0.15, -0.1) is 0 Å². The van der Waals surface area contributed by atoms with Gasteiger partial charge in [0.2, 0.25) is 5.91 Å². The van der Waals surface area contributed by atoms with Gasteiger partial charge in [0.1, 0.15) is 23.7 Å². The molecule has 0 spiro atoms. The van der Waals surface area contributed by atoms with Crippen molar-refractivity contribution >= 4 is 34.5 Å². The first kappa shape index (κ1) is 28.5. The minimum atomic E-state index is -0.241. The Bertz CT molecular complexity index is 1660. The van der Waals surface area contributed by atoms with Crippen molar-refractivity contribution in [2.75, 3.05) is 37.7 Å². The first-order valence-corrected chi connectivity index (χ1v) is 14.9. The van der Waals surface area contributed by atoms with E-state index in [-0.39, 0.29) is 17.9 Å². The molecule has 11 nitrogen and oxygen atoms in total. The number of nitrogens with one attached hydrogen (secondary N) is 1. The zero-order chi connectivity index (χ0) is 29.9. The van der Waals surface area contributed by atoms with Crippen LogP contribution in [-0.4, -0.2) is 79.1 Å². The number of nitrogens with two attached hydrogens (primary N) is 1. The van der Waals surface area contributed by atoms with E-state index in [0.717, 1.165) is 36.9 Å². The van der Waals surface area contributed by atoms with Crippen LogP contribution < -0.4 is 11.1 Å². The molecule has 6 rings (SSSR count). The van der Waals surface area contributed by atoms with Crippen molar-refractivity contribution in [1.82, 2.24) is 34.5 Å². The van der Waals surface area contributed by atoms with E-state index in [1.807, 2.05) is 39.9 Å². The van der Waals surface area contributed by atoms with Crippen LogP contribution in [0.4, 0.5) is 11.6 Å². The Morgan fingerprint density at radius 2 is 1.93 bits per heavy atom. The summed E-state index contributed by atoms with van der Waals surface area (Å²) in [6.45, 7) is 4.07. The number of hydrogen-bond acceptors (Lipinski definition) is 8. The summed E-state index contributed by atoms with van der Waals surface area (Å²) in [5, 5.41) is 8.48. The van der Waals surface area contributed by atoms with Crippen molar-refractivity contribution in [3.05, 3.63) is 72.2 Å². The second kappa shape index (κ2) is 12.3. The Labute approximate surface area is 250 Å². The summed E-state index contributed by atoms with van der Waals surface area (Å²) in [5.74, 6) is 0.633. The lowest BCUT2D eigenvalue weighted by Gasteiger charge is -2.16. The fourth-order valence-electron chi connectivity index (χ4n) is 5.64. The molecular weight excluding hydrogens is 542 g/mol. The van der Waals surface area contributed by atoms with Gasteiger partial charge in [-0.2, -0.15) is 5.10 Å². The SMILES string of the molecule is CCCc1ccnc(NC(=O)c2ccc(-c3nn(C4CCN(C(=O)/C=C/CN(C)C5CC5)C4)c4ncnc(N)c34)cc2)c1. The highest BCUT2D eigenvalue weighted by Crippen LogP contribution is 2.34. The maximum atomic E-state index is 12.9. The van der Waals surface area contributed by atoms with Gasteiger partial charge in [0.05, 0.1) is 11.4 Å². The lowest BCUT2D eigenvalue weighted by atomic mass is 10.1. The van der Waals surface area contributed by atoms with Crippen molar-refractivity contribution in [2.45, 2.75) is 51.1 Å². The Morgan fingerprint density at radius 3 is 2.70 bits per heavy atom. The maximum absolute atomic E-state index is 12.9. The number of carbonyl (C=O) groups excluding carboxylic acids is 2. The molecule has 2 amide bonds. The Morgan fingerprint density at radius 1 is 1.12 bits per heavy atom. The molecule has 4 heterocycles. The number of hydrogen-bond donors (Lipinski definition) is 2. The van der Waals surface area contributed by atoms with Crippen LogP contribution in [0, 0.1) is 0 Å². The van der Waals surface area contributed by atoms with E-state index in [1.165, 1.54) is 19.2 Å². The van der Waals surface area contributed by atoms with Crippen LogP contribution in [0.3, 0.4) is 0 Å². The number of carbonyl (C=O) groups is 2. The molecule has 1 saturated carbocycles. The molecule has 3 N–H and O–H groups in total. The van der Waals surface area contributed by atoms with Crippen molar-refractivity contribution in [3.8, 4) is 11.3 Å². The molecule has 1 atom stereocenters. The molecule has 1 aromatic carbocycles. The lowest BCUT2D eigenvalue weighted by molar-refractivity contribution is -0.125. The van der Waals surface area contributed by atoms with Gasteiger partial charge in [-0.1, -0.05) is 31.6 Å². The number of nitrogens with zero attached hydrogens (tertiary/aromatic N) is 7. The lowest BCUT2D eigenvalue weighted by Crippen LogP contribution is -2.28. The minimum absolute atomic E-state index is 0.0127. The number of aryl methyl sites for hydroxylation is 1. The second-order valence-corrected chi connectivity index (χ2v) is 11.4. The molecule has 43 heavy (non-hydrogen) atoms. The maximum Gasteiger partial charge on any atom is 0.256 e. The van der Waals surface area contributed by atoms with E-state index < -0.39 is 0 Å². The quantitative estimate of drug-likeness (QED) is 0.268. The molecule has 1 unspecified atom stereocenters. The fraction of sp³-hybridized carbons (Fsp3) is 0.375. The summed E-state index contributed by atoms with van der Waals surface area (Å²) in [5.41, 5.74) is 10.0. The summed E-state index contributed by atoms with van der Waals surface area (Å²) in [6, 6.07) is 11.7. The van der Waals surface area contributed by atoms with Gasteiger partial charge < -0.3 is 16.0 Å². The molecule has 1 saturated heterocycles. The number of amides is 2. The first-order chi connectivity index (χ1) is 20.9. The number of likely N-dealkylation sites (tertiary alicyclic amines) is 1. The van der Waals surface area contributed by atoms with Crippen LogP contribution >= 0.6 is 0 Å². The summed E-state index contributed by atoms with van der Waals surface area (Å²) >= 11 is 0. The average Bonchev–Trinajstić information content (AvgIpc) is 3.62. The molecule has 2 fully saturated rings. The van der Waals surface area contributed by atoms with Gasteiger partial charge in [0, 0.05) is 49.1 Å². The number of anilines is 2. The normalized spacial score (nSPS) is 16.9. The van der Waals surface area contributed by atoms with E-state index in [4.69, 9.17) is 10.8 Å². The van der Waals surface area contributed by atoms with E-state index in [2.05, 4.69) is 39.1 Å². The van der Waals surface area contributed by atoms with Crippen molar-refractivity contribution < 1.29 is 9.59 Å². The zero-order valence-corrected chi connectivity index (χ0v) is 24.6. The third kappa shape index (κ3) is 6.26. The number of nitrogen functional groups attached to an aromatic ring is 1. The highest BCUT2D eigenvalue weighted by atomic mass is 16.2. The number of fused-ring (bicyclic) bond motifs is 1. The van der Waals surface area contributed by atoms with Gasteiger partial charge in [-0.05, 0) is 62.6 Å². The van der Waals surface area contributed by atoms with Gasteiger partial charge in [0.25, 0.3) is 5.91 Å². The van der Waals surface area contributed by atoms with Crippen LogP contribution in [-0.2, 0) is 11.2 Å². The van der Waals surface area contributed by atoms with Crippen molar-refractivity contribution in [2.24, 2.45) is 0 Å². The molecular formula is C32H37N9O2. The number of likely N-dealkylation sites (N-methyl/N-ethyl adjacent to an activating group) is 1. The molecule has 2 aliphatic rings. The molecule has 0 radical (unpaired) electrons. The Balaban J connectivity index is 1.18. The third-order valence-corrected chi connectivity index (χ3v) is 8.19. The van der Waals surface area contributed by atoms with Gasteiger partial charge in [-0.25, -0.2) is 19.6 Å². The molecule has 1 aliphatic carbocycles. The predicted molar refractivity (Wildman–Crippen MR) is 166 cm³/mol. The van der Waals surface area contributed by atoms with Crippen LogP contribution in [0.25, 0.3) is 22.3 Å². The molecule has 222 valence electrons. The second-order valence-electron chi connectivity index (χ2n) is 11.4. The van der Waals surface area contributed by atoms with Gasteiger partial charge in [0.15, 0.2) is 5.65 Å². The smallest absolute Gasteiger partial charge is 0.256 e. The Hall–Kier alpha value is -4.64. The molecule has 11 heteroatoms. The standard InChI is InChI=1S/C32H37N9O2/c1-3-5-21-13-15-34-26(18-21)37-32(43)23-9-7-22(8-10-23)29-28-30(33)35-20-36-31(28)41(38-29)25-14-17-40(19-25)27(42)6-4-16-39(2)24-11-12-24/h4,6-10,13,15,18,20,24-25H,3,5,11-12,14,16-17,19H2,1-2H3,(H2,33,35,36)(H,34,37,43)/b6-4+.